The lowest BCUT2D eigenvalue weighted by Crippen LogP contribution is -3.11. The Morgan fingerprint density at radius 1 is 1.32 bits per heavy atom. The van der Waals surface area contributed by atoms with Gasteiger partial charge < -0.3 is 4.90 Å². The molecule has 112 valence electrons. The summed E-state index contributed by atoms with van der Waals surface area (Å²) in [6.45, 7) is 5.98. The number of fused-ring (bicyclic) bond motifs is 1. The molecule has 1 unspecified atom stereocenters. The summed E-state index contributed by atoms with van der Waals surface area (Å²) in [7, 11) is 0. The van der Waals surface area contributed by atoms with E-state index in [-0.39, 0.29) is 11.1 Å². The number of rotatable bonds is 2. The van der Waals surface area contributed by atoms with E-state index >= 15 is 0 Å². The molecule has 0 fully saturated rings. The summed E-state index contributed by atoms with van der Waals surface area (Å²) in [5.41, 5.74) is 4.09. The fraction of sp³-hybridized carbons (Fsp3) is 0.353. The molecule has 5 nitrogen and oxygen atoms in total. The molecule has 1 N–H and O–H groups in total. The lowest BCUT2D eigenvalue weighted by Gasteiger charge is -2.26. The van der Waals surface area contributed by atoms with Crippen molar-refractivity contribution in [2.45, 2.75) is 33.5 Å². The van der Waals surface area contributed by atoms with E-state index in [9.17, 15) is 10.1 Å². The first-order chi connectivity index (χ1) is 10.6. The predicted octanol–water partition coefficient (Wildman–Crippen LogP) is 0.331. The van der Waals surface area contributed by atoms with Crippen molar-refractivity contribution in [3.8, 4) is 6.07 Å². The molecule has 1 aliphatic heterocycles. The van der Waals surface area contributed by atoms with Gasteiger partial charge in [-0.15, -0.1) is 0 Å². The molecule has 0 saturated heterocycles. The zero-order valence-electron chi connectivity index (χ0n) is 12.9. The van der Waals surface area contributed by atoms with Crippen LogP contribution in [0.25, 0.3) is 0 Å². The molecule has 1 atom stereocenters. The molecule has 0 radical (unpaired) electrons. The van der Waals surface area contributed by atoms with Crippen molar-refractivity contribution in [2.75, 3.05) is 6.54 Å². The molecule has 0 spiro atoms. The van der Waals surface area contributed by atoms with Crippen LogP contribution in [-0.4, -0.2) is 16.3 Å². The van der Waals surface area contributed by atoms with Crippen LogP contribution in [0, 0.1) is 25.2 Å². The van der Waals surface area contributed by atoms with Gasteiger partial charge in [0.25, 0.3) is 5.56 Å². The maximum Gasteiger partial charge on any atom is 0.289 e. The second kappa shape index (κ2) is 5.74. The topological polar surface area (TPSA) is 63.1 Å². The number of benzene rings is 1. The van der Waals surface area contributed by atoms with Gasteiger partial charge in [-0.3, -0.25) is 4.79 Å². The van der Waals surface area contributed by atoms with Gasteiger partial charge in [0.15, 0.2) is 6.67 Å². The second-order valence-electron chi connectivity index (χ2n) is 5.86. The molecule has 3 rings (SSSR count). The van der Waals surface area contributed by atoms with Gasteiger partial charge in [-0.25, -0.2) is 0 Å². The van der Waals surface area contributed by atoms with Crippen LogP contribution in [-0.2, 0) is 19.6 Å². The molecule has 0 bridgehead atoms. The van der Waals surface area contributed by atoms with Crippen LogP contribution < -0.4 is 10.5 Å². The van der Waals surface area contributed by atoms with Gasteiger partial charge >= 0.3 is 0 Å². The predicted molar refractivity (Wildman–Crippen MR) is 82.4 cm³/mol. The van der Waals surface area contributed by atoms with Crippen LogP contribution in [0.15, 0.2) is 29.1 Å². The van der Waals surface area contributed by atoms with Gasteiger partial charge in [-0.1, -0.05) is 24.3 Å². The highest BCUT2D eigenvalue weighted by molar-refractivity contribution is 5.36. The molecular weight excluding hydrogens is 276 g/mol. The van der Waals surface area contributed by atoms with E-state index < -0.39 is 0 Å². The highest BCUT2D eigenvalue weighted by atomic mass is 16.1. The Bertz CT molecular complexity index is 816. The third kappa shape index (κ3) is 2.53. The van der Waals surface area contributed by atoms with Crippen LogP contribution in [0.2, 0.25) is 0 Å². The summed E-state index contributed by atoms with van der Waals surface area (Å²) in [6, 6.07) is 10.4. The molecule has 0 saturated carbocycles. The first kappa shape index (κ1) is 14.5. The lowest BCUT2D eigenvalue weighted by atomic mass is 10.0. The normalized spacial score (nSPS) is 16.9. The molecule has 2 aromatic rings. The quantitative estimate of drug-likeness (QED) is 0.868. The van der Waals surface area contributed by atoms with Crippen LogP contribution in [0.5, 0.6) is 0 Å². The average molecular weight is 295 g/mol. The molecule has 5 heteroatoms. The SMILES string of the molecule is Cc1nn(C[NH+]2CCc3ccccc3C2)c(=O)c(C#N)c1C. The number of nitrogens with one attached hydrogen (secondary N) is 1. The highest BCUT2D eigenvalue weighted by Gasteiger charge is 2.21. The zero-order valence-corrected chi connectivity index (χ0v) is 12.9. The molecular formula is C17H19N4O+. The molecule has 1 aliphatic rings. The van der Waals surface area contributed by atoms with Gasteiger partial charge in [-0.2, -0.15) is 15.0 Å². The Morgan fingerprint density at radius 3 is 2.77 bits per heavy atom. The van der Waals surface area contributed by atoms with Crippen molar-refractivity contribution in [2.24, 2.45) is 0 Å². The van der Waals surface area contributed by atoms with Crippen molar-refractivity contribution in [3.05, 3.63) is 62.6 Å². The van der Waals surface area contributed by atoms with Crippen molar-refractivity contribution in [3.63, 3.8) is 0 Å². The Balaban J connectivity index is 1.88. The summed E-state index contributed by atoms with van der Waals surface area (Å²) in [5, 5.41) is 13.5. The van der Waals surface area contributed by atoms with Crippen LogP contribution in [0.3, 0.4) is 0 Å². The fourth-order valence-electron chi connectivity index (χ4n) is 3.00. The summed E-state index contributed by atoms with van der Waals surface area (Å²) < 4.78 is 1.45. The van der Waals surface area contributed by atoms with Crippen LogP contribution in [0.1, 0.15) is 27.9 Å². The van der Waals surface area contributed by atoms with Crippen molar-refractivity contribution in [1.82, 2.24) is 9.78 Å². The minimum atomic E-state index is -0.281. The van der Waals surface area contributed by atoms with Crippen molar-refractivity contribution >= 4 is 0 Å². The van der Waals surface area contributed by atoms with Gasteiger partial charge in [0.1, 0.15) is 18.2 Å². The summed E-state index contributed by atoms with van der Waals surface area (Å²) in [6.07, 6.45) is 1.01. The minimum Gasteiger partial charge on any atom is -0.312 e. The summed E-state index contributed by atoms with van der Waals surface area (Å²) in [4.78, 5) is 13.6. The monoisotopic (exact) mass is 295 g/mol. The van der Waals surface area contributed by atoms with Gasteiger partial charge in [0.2, 0.25) is 0 Å². The van der Waals surface area contributed by atoms with Gasteiger partial charge in [0, 0.05) is 12.0 Å². The van der Waals surface area contributed by atoms with E-state index in [4.69, 9.17) is 0 Å². The van der Waals surface area contributed by atoms with E-state index in [1.54, 1.807) is 6.92 Å². The Labute approximate surface area is 129 Å². The molecule has 0 amide bonds. The molecule has 1 aromatic heterocycles. The molecule has 0 aliphatic carbocycles. The number of aryl methyl sites for hydroxylation is 1. The van der Waals surface area contributed by atoms with Crippen LogP contribution >= 0.6 is 0 Å². The van der Waals surface area contributed by atoms with E-state index in [0.29, 0.717) is 12.2 Å². The number of quaternary nitrogens is 1. The number of nitrogens with zero attached hydrogens (tertiary/aromatic N) is 3. The minimum absolute atomic E-state index is 0.212. The van der Waals surface area contributed by atoms with Crippen LogP contribution in [0.4, 0.5) is 0 Å². The third-order valence-corrected chi connectivity index (χ3v) is 4.43. The summed E-state index contributed by atoms with van der Waals surface area (Å²) in [5.74, 6) is 0. The van der Waals surface area contributed by atoms with E-state index in [1.807, 2.05) is 13.0 Å². The molecule has 2 heterocycles. The maximum atomic E-state index is 12.4. The van der Waals surface area contributed by atoms with Gasteiger partial charge in [0.05, 0.1) is 12.2 Å². The van der Waals surface area contributed by atoms with E-state index in [1.165, 1.54) is 20.7 Å². The number of hydrogen-bond donors (Lipinski definition) is 1. The average Bonchev–Trinajstić information content (AvgIpc) is 2.53. The second-order valence-corrected chi connectivity index (χ2v) is 5.86. The number of nitriles is 1. The largest absolute Gasteiger partial charge is 0.312 e. The zero-order chi connectivity index (χ0) is 15.7. The molecule has 1 aromatic carbocycles. The Morgan fingerprint density at radius 2 is 2.05 bits per heavy atom. The van der Waals surface area contributed by atoms with Crippen molar-refractivity contribution < 1.29 is 4.90 Å². The Hall–Kier alpha value is -2.45. The number of hydrogen-bond acceptors (Lipinski definition) is 3. The van der Waals surface area contributed by atoms with Crippen molar-refractivity contribution in [1.29, 1.82) is 5.26 Å². The third-order valence-electron chi connectivity index (χ3n) is 4.43. The smallest absolute Gasteiger partial charge is 0.289 e. The number of aromatic nitrogens is 2. The first-order valence-electron chi connectivity index (χ1n) is 7.49. The Kier molecular flexibility index (Phi) is 3.78. The maximum absolute atomic E-state index is 12.4. The molecule has 22 heavy (non-hydrogen) atoms. The fourth-order valence-corrected chi connectivity index (χ4v) is 3.00. The lowest BCUT2D eigenvalue weighted by molar-refractivity contribution is -0.939. The van der Waals surface area contributed by atoms with E-state index in [0.717, 1.165) is 25.2 Å². The summed E-state index contributed by atoms with van der Waals surface area (Å²) >= 11 is 0. The van der Waals surface area contributed by atoms with E-state index in [2.05, 4.69) is 29.4 Å². The first-order valence-corrected chi connectivity index (χ1v) is 7.49. The standard InChI is InChI=1S/C17H18N4O/c1-12-13(2)19-21(17(22)16(12)9-18)11-20-8-7-14-5-3-4-6-15(14)10-20/h3-6H,7-8,10-11H2,1-2H3/p+1. The van der Waals surface area contributed by atoms with Gasteiger partial charge in [-0.05, 0) is 25.0 Å². The highest BCUT2D eigenvalue weighted by Crippen LogP contribution is 2.10.